The number of benzene rings is 2. The summed E-state index contributed by atoms with van der Waals surface area (Å²) in [5.41, 5.74) is 4.64. The van der Waals surface area contributed by atoms with Crippen molar-refractivity contribution >= 4 is 69.0 Å². The van der Waals surface area contributed by atoms with Crippen molar-refractivity contribution in [2.45, 2.75) is 0 Å². The fourth-order valence-electron chi connectivity index (χ4n) is 1.83. The number of carbonyl (C=O) groups is 2. The minimum Gasteiger partial charge on any atom is -0.298 e. The smallest absolute Gasteiger partial charge is 0.288 e. The van der Waals surface area contributed by atoms with E-state index >= 15 is 0 Å². The molecule has 2 aromatic carbocycles. The summed E-state index contributed by atoms with van der Waals surface area (Å²) in [6.07, 6.45) is 0. The van der Waals surface area contributed by atoms with E-state index in [0.29, 0.717) is 5.56 Å². The molecule has 0 heterocycles. The van der Waals surface area contributed by atoms with Gasteiger partial charge < -0.3 is 0 Å². The molecule has 0 aliphatic carbocycles. The van der Waals surface area contributed by atoms with E-state index < -0.39 is 22.4 Å². The highest BCUT2D eigenvalue weighted by molar-refractivity contribution is 14.1. The van der Waals surface area contributed by atoms with Crippen LogP contribution >= 0.6 is 46.4 Å². The van der Waals surface area contributed by atoms with Crippen LogP contribution in [0.15, 0.2) is 42.5 Å². The molecule has 8 nitrogen and oxygen atoms in total. The highest BCUT2D eigenvalue weighted by Crippen LogP contribution is 2.24. The van der Waals surface area contributed by atoms with Crippen LogP contribution in [-0.2, 0) is 0 Å². The lowest BCUT2D eigenvalue weighted by Crippen LogP contribution is -2.48. The van der Waals surface area contributed by atoms with Gasteiger partial charge in [0, 0.05) is 15.2 Å². The zero-order valence-corrected chi connectivity index (χ0v) is 16.5. The molecule has 2 amide bonds. The molecule has 2 aromatic rings. The van der Waals surface area contributed by atoms with Crippen molar-refractivity contribution in [1.29, 1.82) is 0 Å². The third-order valence-corrected chi connectivity index (χ3v) is 4.50. The normalized spacial score (nSPS) is 9.92. The number of thiocarbonyl (C=S) groups is 1. The maximum absolute atomic E-state index is 12.1. The first-order chi connectivity index (χ1) is 12.3. The number of halogens is 2. The zero-order chi connectivity index (χ0) is 19.3. The average molecular weight is 505 g/mol. The van der Waals surface area contributed by atoms with Crippen LogP contribution in [0.2, 0.25) is 5.02 Å². The number of amides is 2. The molecule has 0 aliphatic rings. The number of hydrogen-bond acceptors (Lipinski definition) is 5. The summed E-state index contributed by atoms with van der Waals surface area (Å²) in [6, 6.07) is 10.5. The standard InChI is InChI=1S/C15H10ClIN4O4S/c16-10-6-5-8(7-12(10)21(24)25)13(22)19-20-15(26)18-14(23)9-3-1-2-4-11(9)17/h1-7H,(H,19,22)(H2,18,20,23,26). The van der Waals surface area contributed by atoms with Crippen molar-refractivity contribution in [2.24, 2.45) is 0 Å². The lowest BCUT2D eigenvalue weighted by Gasteiger charge is -2.11. The summed E-state index contributed by atoms with van der Waals surface area (Å²) in [5, 5.41) is 13.0. The number of carbonyl (C=O) groups excluding carboxylic acids is 2. The van der Waals surface area contributed by atoms with Gasteiger partial charge >= 0.3 is 0 Å². The molecule has 0 spiro atoms. The molecule has 0 bridgehead atoms. The zero-order valence-electron chi connectivity index (χ0n) is 12.8. The molecule has 2 rings (SSSR count). The maximum atomic E-state index is 12.1. The van der Waals surface area contributed by atoms with Gasteiger partial charge in [-0.3, -0.25) is 35.9 Å². The van der Waals surface area contributed by atoms with Gasteiger partial charge in [-0.25, -0.2) is 0 Å². The third-order valence-electron chi connectivity index (χ3n) is 3.04. The van der Waals surface area contributed by atoms with Crippen LogP contribution in [0.25, 0.3) is 0 Å². The quantitative estimate of drug-likeness (QED) is 0.256. The Morgan fingerprint density at radius 1 is 1.12 bits per heavy atom. The highest BCUT2D eigenvalue weighted by Gasteiger charge is 2.17. The number of nitrogens with one attached hydrogen (secondary N) is 3. The Balaban J connectivity index is 1.96. The van der Waals surface area contributed by atoms with Crippen LogP contribution in [0.1, 0.15) is 20.7 Å². The second-order valence-electron chi connectivity index (χ2n) is 4.77. The summed E-state index contributed by atoms with van der Waals surface area (Å²) in [7, 11) is 0. The van der Waals surface area contributed by atoms with E-state index in [1.165, 1.54) is 12.1 Å². The van der Waals surface area contributed by atoms with Gasteiger partial charge in [0.1, 0.15) is 5.02 Å². The number of hydrogen-bond donors (Lipinski definition) is 3. The van der Waals surface area contributed by atoms with Crippen LogP contribution < -0.4 is 16.2 Å². The summed E-state index contributed by atoms with van der Waals surface area (Å²) < 4.78 is 0.739. The summed E-state index contributed by atoms with van der Waals surface area (Å²) in [6.45, 7) is 0. The second kappa shape index (κ2) is 8.87. The summed E-state index contributed by atoms with van der Waals surface area (Å²) in [5.74, 6) is -1.13. The van der Waals surface area contributed by atoms with E-state index in [9.17, 15) is 19.7 Å². The van der Waals surface area contributed by atoms with Gasteiger partial charge in [0.25, 0.3) is 17.5 Å². The molecule has 0 fully saturated rings. The molecule has 0 unspecified atom stereocenters. The number of nitrogens with zero attached hydrogens (tertiary/aromatic N) is 1. The number of nitro benzene ring substituents is 1. The molecule has 11 heteroatoms. The largest absolute Gasteiger partial charge is 0.298 e. The fraction of sp³-hybridized carbons (Fsp3) is 0. The molecule has 3 N–H and O–H groups in total. The lowest BCUT2D eigenvalue weighted by atomic mass is 10.2. The van der Waals surface area contributed by atoms with Crippen LogP contribution in [0.3, 0.4) is 0 Å². The Morgan fingerprint density at radius 2 is 1.81 bits per heavy atom. The molecule has 0 aliphatic heterocycles. The van der Waals surface area contributed by atoms with Crippen molar-refractivity contribution in [1.82, 2.24) is 16.2 Å². The van der Waals surface area contributed by atoms with Gasteiger partial charge in [0.05, 0.1) is 10.5 Å². The maximum Gasteiger partial charge on any atom is 0.288 e. The van der Waals surface area contributed by atoms with Crippen LogP contribution in [0.5, 0.6) is 0 Å². The predicted octanol–water partition coefficient (Wildman–Crippen LogP) is 2.80. The van der Waals surface area contributed by atoms with E-state index in [-0.39, 0.29) is 15.7 Å². The molecule has 0 atom stereocenters. The molecule has 0 saturated heterocycles. The number of rotatable bonds is 3. The van der Waals surface area contributed by atoms with Crippen molar-refractivity contribution in [2.75, 3.05) is 0 Å². The Hall–Kier alpha value is -2.31. The van der Waals surface area contributed by atoms with Gasteiger partial charge in [-0.1, -0.05) is 23.7 Å². The van der Waals surface area contributed by atoms with Gasteiger partial charge in [-0.15, -0.1) is 0 Å². The number of nitro groups is 1. The van der Waals surface area contributed by atoms with Crippen molar-refractivity contribution in [3.05, 3.63) is 72.3 Å². The first-order valence-electron chi connectivity index (χ1n) is 6.89. The second-order valence-corrected chi connectivity index (χ2v) is 6.74. The molecule has 26 heavy (non-hydrogen) atoms. The van der Waals surface area contributed by atoms with E-state index in [2.05, 4.69) is 16.2 Å². The van der Waals surface area contributed by atoms with Gasteiger partial charge in [0.15, 0.2) is 5.11 Å². The summed E-state index contributed by atoms with van der Waals surface area (Å²) >= 11 is 12.6. The first kappa shape index (κ1) is 20.0. The Labute approximate surface area is 171 Å². The monoisotopic (exact) mass is 504 g/mol. The van der Waals surface area contributed by atoms with Crippen LogP contribution in [-0.4, -0.2) is 21.9 Å². The molecular weight excluding hydrogens is 495 g/mol. The highest BCUT2D eigenvalue weighted by atomic mass is 127. The van der Waals surface area contributed by atoms with Crippen molar-refractivity contribution < 1.29 is 14.5 Å². The average Bonchev–Trinajstić information content (AvgIpc) is 2.60. The van der Waals surface area contributed by atoms with Crippen molar-refractivity contribution in [3.63, 3.8) is 0 Å². The SMILES string of the molecule is O=C(NNC(=S)NC(=O)c1ccccc1I)c1ccc(Cl)c([N+](=O)[O-])c1. The molecule has 0 aromatic heterocycles. The molecule has 0 saturated carbocycles. The van der Waals surface area contributed by atoms with Gasteiger partial charge in [-0.05, 0) is 59.1 Å². The Bertz CT molecular complexity index is 909. The Kier molecular flexibility index (Phi) is 6.83. The minimum absolute atomic E-state index is 0.000310. The first-order valence-corrected chi connectivity index (χ1v) is 8.76. The molecular formula is C15H10ClIN4O4S. The molecule has 0 radical (unpaired) electrons. The predicted molar refractivity (Wildman–Crippen MR) is 108 cm³/mol. The van der Waals surface area contributed by atoms with Gasteiger partial charge in [-0.2, -0.15) is 0 Å². The van der Waals surface area contributed by atoms with Gasteiger partial charge in [0.2, 0.25) is 0 Å². The van der Waals surface area contributed by atoms with Crippen LogP contribution in [0.4, 0.5) is 5.69 Å². The molecule has 134 valence electrons. The topological polar surface area (TPSA) is 113 Å². The fourth-order valence-corrected chi connectivity index (χ4v) is 2.79. The van der Waals surface area contributed by atoms with Crippen molar-refractivity contribution in [3.8, 4) is 0 Å². The van der Waals surface area contributed by atoms with E-state index in [1.54, 1.807) is 24.3 Å². The minimum atomic E-state index is -0.696. The number of hydrazine groups is 1. The third kappa shape index (κ3) is 5.09. The van der Waals surface area contributed by atoms with Crippen LogP contribution in [0, 0.1) is 13.7 Å². The summed E-state index contributed by atoms with van der Waals surface area (Å²) in [4.78, 5) is 34.3. The Morgan fingerprint density at radius 3 is 2.46 bits per heavy atom. The van der Waals surface area contributed by atoms with E-state index in [1.807, 2.05) is 22.6 Å². The lowest BCUT2D eigenvalue weighted by molar-refractivity contribution is -0.384. The van der Waals surface area contributed by atoms with E-state index in [0.717, 1.165) is 9.64 Å². The van der Waals surface area contributed by atoms with E-state index in [4.69, 9.17) is 23.8 Å².